The first kappa shape index (κ1) is 24.8. The Morgan fingerprint density at radius 1 is 1.26 bits per heavy atom. The number of hydrogen-bond acceptors (Lipinski definition) is 7. The molecule has 0 saturated carbocycles. The zero-order valence-electron chi connectivity index (χ0n) is 18.6. The molecular formula is C22H22F3N5O4S. The molecule has 9 nitrogen and oxygen atoms in total. The Balaban J connectivity index is 0.00000289. The Hall–Kier alpha value is -3.32. The summed E-state index contributed by atoms with van der Waals surface area (Å²) in [6, 6.07) is 9.74. The van der Waals surface area contributed by atoms with Gasteiger partial charge in [0.25, 0.3) is 0 Å². The molecule has 5 rings (SSSR count). The molecule has 3 aromatic rings. The molecule has 0 spiro atoms. The monoisotopic (exact) mass is 509 g/mol. The first-order valence-corrected chi connectivity index (χ1v) is 10.5. The highest BCUT2D eigenvalue weighted by Gasteiger charge is 2.42. The van der Waals surface area contributed by atoms with Gasteiger partial charge in [0.15, 0.2) is 0 Å². The Labute approximate surface area is 205 Å². The second kappa shape index (κ2) is 9.04. The zero-order chi connectivity index (χ0) is 24.1. The van der Waals surface area contributed by atoms with Gasteiger partial charge in [0.2, 0.25) is 0 Å². The average molecular weight is 510 g/mol. The number of pyridine rings is 1. The van der Waals surface area contributed by atoms with E-state index in [2.05, 4.69) is 19.6 Å². The second-order valence-electron chi connectivity index (χ2n) is 8.66. The van der Waals surface area contributed by atoms with Gasteiger partial charge in [0.05, 0.1) is 12.2 Å². The quantitative estimate of drug-likeness (QED) is 0.378. The highest BCUT2D eigenvalue weighted by atomic mass is 32.1. The number of alkyl halides is 3. The van der Waals surface area contributed by atoms with Crippen molar-refractivity contribution < 1.29 is 27.6 Å². The van der Waals surface area contributed by atoms with E-state index in [0.717, 1.165) is 17.8 Å². The third-order valence-corrected chi connectivity index (χ3v) is 5.81. The summed E-state index contributed by atoms with van der Waals surface area (Å²) in [4.78, 5) is 21.2. The van der Waals surface area contributed by atoms with Crippen LogP contribution >= 0.6 is 13.5 Å². The molecule has 2 aromatic heterocycles. The molecule has 1 aromatic carbocycles. The van der Waals surface area contributed by atoms with E-state index in [1.165, 1.54) is 24.4 Å². The average Bonchev–Trinajstić information content (AvgIpc) is 3.27. The number of imidazole rings is 1. The maximum Gasteiger partial charge on any atom is 0.573 e. The molecule has 0 aliphatic carbocycles. The SMILES string of the molecule is C[C@]1(CN2CCc3nc(-c4cccc(OC(F)(F)F)c4)ccc3C2)Cn2cc([N+](=O)[O-])nc2O1.S. The minimum atomic E-state index is -4.75. The van der Waals surface area contributed by atoms with Crippen molar-refractivity contribution in [2.24, 2.45) is 0 Å². The van der Waals surface area contributed by atoms with Gasteiger partial charge < -0.3 is 19.6 Å². The zero-order valence-corrected chi connectivity index (χ0v) is 19.6. The Morgan fingerprint density at radius 3 is 2.77 bits per heavy atom. The fourth-order valence-electron chi connectivity index (χ4n) is 4.46. The Morgan fingerprint density at radius 2 is 2.06 bits per heavy atom. The van der Waals surface area contributed by atoms with E-state index < -0.39 is 16.9 Å². The van der Waals surface area contributed by atoms with Crippen LogP contribution in [0.2, 0.25) is 0 Å². The van der Waals surface area contributed by atoms with Gasteiger partial charge in [-0.1, -0.05) is 18.2 Å². The maximum absolute atomic E-state index is 12.5. The van der Waals surface area contributed by atoms with E-state index in [9.17, 15) is 23.3 Å². The summed E-state index contributed by atoms with van der Waals surface area (Å²) in [7, 11) is 0. The van der Waals surface area contributed by atoms with Crippen molar-refractivity contribution in [3.05, 3.63) is 64.0 Å². The van der Waals surface area contributed by atoms with Crippen molar-refractivity contribution in [1.29, 1.82) is 0 Å². The molecule has 13 heteroatoms. The lowest BCUT2D eigenvalue weighted by Gasteiger charge is -2.34. The molecule has 0 fully saturated rings. The van der Waals surface area contributed by atoms with Crippen molar-refractivity contribution in [1.82, 2.24) is 19.4 Å². The number of benzene rings is 1. The number of fused-ring (bicyclic) bond motifs is 2. The van der Waals surface area contributed by atoms with E-state index in [1.807, 2.05) is 13.0 Å². The number of aromatic nitrogens is 3. The molecule has 186 valence electrons. The van der Waals surface area contributed by atoms with Crippen molar-refractivity contribution in [2.75, 3.05) is 13.1 Å². The summed E-state index contributed by atoms with van der Waals surface area (Å²) in [6.45, 7) is 4.37. The molecule has 2 aliphatic rings. The summed E-state index contributed by atoms with van der Waals surface area (Å²) >= 11 is 0. The molecule has 0 radical (unpaired) electrons. The van der Waals surface area contributed by atoms with Crippen LogP contribution in [0.25, 0.3) is 11.3 Å². The molecular weight excluding hydrogens is 487 g/mol. The lowest BCUT2D eigenvalue weighted by molar-refractivity contribution is -0.389. The van der Waals surface area contributed by atoms with Gasteiger partial charge in [-0.3, -0.25) is 14.5 Å². The molecule has 0 unspecified atom stereocenters. The first-order chi connectivity index (χ1) is 16.1. The topological polar surface area (TPSA) is 95.6 Å². The van der Waals surface area contributed by atoms with E-state index in [4.69, 9.17) is 4.74 Å². The lowest BCUT2D eigenvalue weighted by atomic mass is 10.0. The third kappa shape index (κ3) is 5.35. The highest BCUT2D eigenvalue weighted by Crippen LogP contribution is 2.33. The summed E-state index contributed by atoms with van der Waals surface area (Å²) in [5.74, 6) is -0.521. The van der Waals surface area contributed by atoms with Gasteiger partial charge in [-0.2, -0.15) is 13.5 Å². The van der Waals surface area contributed by atoms with E-state index in [0.29, 0.717) is 37.3 Å². The molecule has 35 heavy (non-hydrogen) atoms. The summed E-state index contributed by atoms with van der Waals surface area (Å²) < 4.78 is 49.2. The van der Waals surface area contributed by atoms with Crippen LogP contribution in [0.3, 0.4) is 0 Å². The minimum absolute atomic E-state index is 0. The van der Waals surface area contributed by atoms with Gasteiger partial charge in [-0.05, 0) is 35.6 Å². The van der Waals surface area contributed by atoms with Gasteiger partial charge in [0.1, 0.15) is 17.5 Å². The lowest BCUT2D eigenvalue weighted by Crippen LogP contribution is -2.46. The molecule has 2 aliphatic heterocycles. The fourth-order valence-corrected chi connectivity index (χ4v) is 4.46. The standard InChI is InChI=1S/C22H20F3N5O4.H2S/c1-21(13-29-11-19(30(31)32)27-20(29)34-21)12-28-8-7-18-15(10-28)5-6-17(26-18)14-3-2-4-16(9-14)33-22(23,24)25;/h2-6,9,11H,7-8,10,12-13H2,1H3;1H2/t21-;/m0./s1. The van der Waals surface area contributed by atoms with Gasteiger partial charge >= 0.3 is 18.2 Å². The van der Waals surface area contributed by atoms with Crippen molar-refractivity contribution >= 4 is 19.3 Å². The maximum atomic E-state index is 12.5. The minimum Gasteiger partial charge on any atom is -0.436 e. The van der Waals surface area contributed by atoms with Crippen molar-refractivity contribution in [3.8, 4) is 23.0 Å². The predicted molar refractivity (Wildman–Crippen MR) is 124 cm³/mol. The van der Waals surface area contributed by atoms with Crippen molar-refractivity contribution in [3.63, 3.8) is 0 Å². The summed E-state index contributed by atoms with van der Waals surface area (Å²) in [5, 5.41) is 10.9. The highest BCUT2D eigenvalue weighted by molar-refractivity contribution is 7.59. The van der Waals surface area contributed by atoms with E-state index >= 15 is 0 Å². The molecule has 0 amide bonds. The smallest absolute Gasteiger partial charge is 0.436 e. The molecule has 1 atom stereocenters. The number of ether oxygens (including phenoxy) is 2. The van der Waals surface area contributed by atoms with Crippen LogP contribution in [0.4, 0.5) is 19.0 Å². The van der Waals surface area contributed by atoms with E-state index in [1.54, 1.807) is 16.7 Å². The number of nitro groups is 1. The van der Waals surface area contributed by atoms with Crippen LogP contribution < -0.4 is 9.47 Å². The number of nitrogens with zero attached hydrogens (tertiary/aromatic N) is 5. The summed E-state index contributed by atoms with van der Waals surface area (Å²) in [6.07, 6.45) is -2.70. The molecule has 0 N–H and O–H groups in total. The predicted octanol–water partition coefficient (Wildman–Crippen LogP) is 4.07. The second-order valence-corrected chi connectivity index (χ2v) is 8.66. The van der Waals surface area contributed by atoms with Crippen LogP contribution in [0, 0.1) is 10.1 Å². The normalized spacial score (nSPS) is 19.3. The van der Waals surface area contributed by atoms with Crippen LogP contribution in [-0.4, -0.2) is 49.4 Å². The van der Waals surface area contributed by atoms with Crippen LogP contribution in [-0.2, 0) is 19.5 Å². The largest absolute Gasteiger partial charge is 0.573 e. The number of halogens is 3. The van der Waals surface area contributed by atoms with Crippen LogP contribution in [0.5, 0.6) is 11.8 Å². The van der Waals surface area contributed by atoms with Gasteiger partial charge in [0, 0.05) is 42.3 Å². The summed E-state index contributed by atoms with van der Waals surface area (Å²) in [5.41, 5.74) is 2.49. The molecule has 0 saturated heterocycles. The van der Waals surface area contributed by atoms with Gasteiger partial charge in [-0.15, -0.1) is 13.2 Å². The number of rotatable bonds is 5. The molecule has 4 heterocycles. The van der Waals surface area contributed by atoms with Crippen LogP contribution in [0.15, 0.2) is 42.6 Å². The number of hydrogen-bond donors (Lipinski definition) is 0. The van der Waals surface area contributed by atoms with Crippen molar-refractivity contribution in [2.45, 2.75) is 38.4 Å². The Kier molecular flexibility index (Phi) is 6.40. The third-order valence-electron chi connectivity index (χ3n) is 5.81. The van der Waals surface area contributed by atoms with Crippen LogP contribution in [0.1, 0.15) is 18.2 Å². The Bertz CT molecular complexity index is 1240. The first-order valence-electron chi connectivity index (χ1n) is 10.5. The molecule has 0 bridgehead atoms. The van der Waals surface area contributed by atoms with E-state index in [-0.39, 0.29) is 31.1 Å². The fraction of sp³-hybridized carbons (Fsp3) is 0.364. The van der Waals surface area contributed by atoms with Gasteiger partial charge in [-0.25, -0.2) is 0 Å².